The first-order chi connectivity index (χ1) is 13.0. The van der Waals surface area contributed by atoms with Gasteiger partial charge in [-0.25, -0.2) is 9.59 Å². The second-order valence-electron chi connectivity index (χ2n) is 7.67. The van der Waals surface area contributed by atoms with E-state index in [1.54, 1.807) is 51.1 Å². The third-order valence-corrected chi connectivity index (χ3v) is 4.12. The number of nitrogens with one attached hydrogen (secondary N) is 1. The zero-order valence-electron chi connectivity index (χ0n) is 16.1. The average Bonchev–Trinajstić information content (AvgIpc) is 2.57. The lowest BCUT2D eigenvalue weighted by atomic mass is 9.98. The number of carbonyl (C=O) groups is 2. The number of alkyl halides is 3. The molecule has 0 spiro atoms. The predicted octanol–water partition coefficient (Wildman–Crippen LogP) is 4.24. The van der Waals surface area contributed by atoms with Crippen LogP contribution in [-0.2, 0) is 16.1 Å². The lowest BCUT2D eigenvalue weighted by Crippen LogP contribution is -2.58. The highest BCUT2D eigenvalue weighted by molar-refractivity contribution is 5.70. The van der Waals surface area contributed by atoms with Crippen molar-refractivity contribution in [1.29, 1.82) is 0 Å². The fourth-order valence-electron chi connectivity index (χ4n) is 2.91. The van der Waals surface area contributed by atoms with Crippen molar-refractivity contribution in [1.82, 2.24) is 10.2 Å². The van der Waals surface area contributed by atoms with Crippen LogP contribution in [0.5, 0.6) is 0 Å². The lowest BCUT2D eigenvalue weighted by molar-refractivity contribution is -0.187. The minimum Gasteiger partial charge on any atom is -0.445 e. The molecule has 1 aromatic rings. The molecule has 9 heteroatoms. The molecular weight excluding hydrogens is 377 g/mol. The van der Waals surface area contributed by atoms with Gasteiger partial charge in [-0.05, 0) is 39.2 Å². The zero-order chi connectivity index (χ0) is 20.9. The molecule has 2 unspecified atom stereocenters. The Morgan fingerprint density at radius 1 is 1.14 bits per heavy atom. The summed E-state index contributed by atoms with van der Waals surface area (Å²) < 4.78 is 50.3. The van der Waals surface area contributed by atoms with Gasteiger partial charge in [0.25, 0.3) is 0 Å². The van der Waals surface area contributed by atoms with Gasteiger partial charge in [0.05, 0.1) is 6.04 Å². The van der Waals surface area contributed by atoms with Gasteiger partial charge >= 0.3 is 18.4 Å². The zero-order valence-corrected chi connectivity index (χ0v) is 16.1. The summed E-state index contributed by atoms with van der Waals surface area (Å²) in [6, 6.07) is 6.06. The van der Waals surface area contributed by atoms with Crippen molar-refractivity contribution in [2.24, 2.45) is 0 Å². The maximum absolute atomic E-state index is 13.4. The van der Waals surface area contributed by atoms with E-state index in [1.165, 1.54) is 0 Å². The summed E-state index contributed by atoms with van der Waals surface area (Å²) in [6.07, 6.45) is -6.64. The standard InChI is InChI=1S/C19H25F3N2O4/c1-18(2,3)28-16(25)23-14-9-10-15(19(20,21)22)24(11-14)17(26)27-12-13-7-5-4-6-8-13/h4-8,14-15H,9-12H2,1-3H3,(H,23,25). The first-order valence-electron chi connectivity index (χ1n) is 8.99. The Bertz CT molecular complexity index is 674. The molecule has 1 aliphatic rings. The van der Waals surface area contributed by atoms with Crippen molar-refractivity contribution >= 4 is 12.2 Å². The minimum atomic E-state index is -4.58. The van der Waals surface area contributed by atoms with Gasteiger partial charge in [-0.3, -0.25) is 4.90 Å². The van der Waals surface area contributed by atoms with Crippen molar-refractivity contribution in [2.75, 3.05) is 6.54 Å². The Morgan fingerprint density at radius 2 is 1.79 bits per heavy atom. The summed E-state index contributed by atoms with van der Waals surface area (Å²) in [5, 5.41) is 2.53. The normalized spacial score (nSPS) is 20.4. The van der Waals surface area contributed by atoms with Crippen LogP contribution in [0.2, 0.25) is 0 Å². The number of hydrogen-bond acceptors (Lipinski definition) is 4. The number of ether oxygens (including phenoxy) is 2. The van der Waals surface area contributed by atoms with Gasteiger partial charge in [-0.1, -0.05) is 30.3 Å². The second-order valence-corrected chi connectivity index (χ2v) is 7.67. The summed E-state index contributed by atoms with van der Waals surface area (Å²) in [7, 11) is 0. The molecule has 0 radical (unpaired) electrons. The molecule has 0 aliphatic carbocycles. The predicted molar refractivity (Wildman–Crippen MR) is 95.6 cm³/mol. The SMILES string of the molecule is CC(C)(C)OC(=O)NC1CCC(C(F)(F)F)N(C(=O)OCc2ccccc2)C1. The molecule has 1 aliphatic heterocycles. The molecule has 0 bridgehead atoms. The molecule has 2 atom stereocenters. The van der Waals surface area contributed by atoms with Gasteiger partial charge < -0.3 is 14.8 Å². The largest absolute Gasteiger partial charge is 0.445 e. The van der Waals surface area contributed by atoms with Gasteiger partial charge in [-0.15, -0.1) is 0 Å². The molecular formula is C19H25F3N2O4. The first-order valence-corrected chi connectivity index (χ1v) is 8.99. The highest BCUT2D eigenvalue weighted by atomic mass is 19.4. The van der Waals surface area contributed by atoms with Crippen LogP contribution < -0.4 is 5.32 Å². The Labute approximate surface area is 162 Å². The Morgan fingerprint density at radius 3 is 2.36 bits per heavy atom. The molecule has 28 heavy (non-hydrogen) atoms. The Kier molecular flexibility index (Phi) is 6.79. The molecule has 156 valence electrons. The summed E-state index contributed by atoms with van der Waals surface area (Å²) in [5.41, 5.74) is -0.0680. The fraction of sp³-hybridized carbons (Fsp3) is 0.579. The van der Waals surface area contributed by atoms with Crippen LogP contribution >= 0.6 is 0 Å². The number of nitrogens with zero attached hydrogens (tertiary/aromatic N) is 1. The maximum Gasteiger partial charge on any atom is 0.410 e. The van der Waals surface area contributed by atoms with E-state index < -0.39 is 36.0 Å². The van der Waals surface area contributed by atoms with Gasteiger partial charge in [0, 0.05) is 6.54 Å². The quantitative estimate of drug-likeness (QED) is 0.821. The number of carbonyl (C=O) groups excluding carboxylic acids is 2. The van der Waals surface area contributed by atoms with E-state index in [4.69, 9.17) is 9.47 Å². The topological polar surface area (TPSA) is 67.9 Å². The first kappa shape index (κ1) is 21.8. The summed E-state index contributed by atoms with van der Waals surface area (Å²) in [4.78, 5) is 24.9. The van der Waals surface area contributed by atoms with E-state index in [2.05, 4.69) is 5.32 Å². The number of piperidine rings is 1. The number of likely N-dealkylation sites (tertiary alicyclic amines) is 1. The smallest absolute Gasteiger partial charge is 0.410 e. The Hall–Kier alpha value is -2.45. The molecule has 0 aromatic heterocycles. The van der Waals surface area contributed by atoms with E-state index in [-0.39, 0.29) is 26.0 Å². The van der Waals surface area contributed by atoms with Crippen LogP contribution in [0.4, 0.5) is 22.8 Å². The van der Waals surface area contributed by atoms with Crippen LogP contribution in [0.25, 0.3) is 0 Å². The number of rotatable bonds is 3. The third kappa shape index (κ3) is 6.61. The number of benzene rings is 1. The van der Waals surface area contributed by atoms with Crippen LogP contribution in [0.1, 0.15) is 39.2 Å². The molecule has 1 saturated heterocycles. The average molecular weight is 402 g/mol. The van der Waals surface area contributed by atoms with E-state index in [0.717, 1.165) is 0 Å². The van der Waals surface area contributed by atoms with Gasteiger partial charge in [0.15, 0.2) is 0 Å². The van der Waals surface area contributed by atoms with Crippen molar-refractivity contribution in [3.63, 3.8) is 0 Å². The molecule has 1 aromatic carbocycles. The Balaban J connectivity index is 2.02. The highest BCUT2D eigenvalue weighted by Crippen LogP contribution is 2.32. The summed E-state index contributed by atoms with van der Waals surface area (Å²) in [6.45, 7) is 4.60. The molecule has 2 amide bonds. The summed E-state index contributed by atoms with van der Waals surface area (Å²) in [5.74, 6) is 0. The second kappa shape index (κ2) is 8.70. The minimum absolute atomic E-state index is 0.0753. The maximum atomic E-state index is 13.4. The van der Waals surface area contributed by atoms with Crippen molar-refractivity contribution in [3.8, 4) is 0 Å². The van der Waals surface area contributed by atoms with E-state index >= 15 is 0 Å². The molecule has 0 saturated carbocycles. The number of amides is 2. The summed E-state index contributed by atoms with van der Waals surface area (Å²) >= 11 is 0. The fourth-order valence-corrected chi connectivity index (χ4v) is 2.91. The molecule has 1 fully saturated rings. The highest BCUT2D eigenvalue weighted by Gasteiger charge is 2.49. The molecule has 6 nitrogen and oxygen atoms in total. The van der Waals surface area contributed by atoms with Crippen molar-refractivity contribution in [3.05, 3.63) is 35.9 Å². The number of alkyl carbamates (subject to hydrolysis) is 1. The van der Waals surface area contributed by atoms with Gasteiger partial charge in [0.1, 0.15) is 18.2 Å². The molecule has 2 rings (SSSR count). The van der Waals surface area contributed by atoms with Crippen LogP contribution in [0, 0.1) is 0 Å². The van der Waals surface area contributed by atoms with Crippen molar-refractivity contribution in [2.45, 2.75) is 64.1 Å². The van der Waals surface area contributed by atoms with Crippen LogP contribution in [0.3, 0.4) is 0 Å². The monoisotopic (exact) mass is 402 g/mol. The van der Waals surface area contributed by atoms with Crippen molar-refractivity contribution < 1.29 is 32.2 Å². The third-order valence-electron chi connectivity index (χ3n) is 4.12. The van der Waals surface area contributed by atoms with Crippen LogP contribution in [0.15, 0.2) is 30.3 Å². The number of hydrogen-bond donors (Lipinski definition) is 1. The molecule has 1 heterocycles. The van der Waals surface area contributed by atoms with E-state index in [1.807, 2.05) is 0 Å². The number of halogens is 3. The van der Waals surface area contributed by atoms with E-state index in [0.29, 0.717) is 10.5 Å². The van der Waals surface area contributed by atoms with Gasteiger partial charge in [0.2, 0.25) is 0 Å². The van der Waals surface area contributed by atoms with E-state index in [9.17, 15) is 22.8 Å². The van der Waals surface area contributed by atoms with Crippen LogP contribution in [-0.4, -0.2) is 47.5 Å². The van der Waals surface area contributed by atoms with Gasteiger partial charge in [-0.2, -0.15) is 13.2 Å². The lowest BCUT2D eigenvalue weighted by Gasteiger charge is -2.39. The molecule has 1 N–H and O–H groups in total.